The summed E-state index contributed by atoms with van der Waals surface area (Å²) in [6, 6.07) is -1.56. The van der Waals surface area contributed by atoms with E-state index in [9.17, 15) is 34.1 Å². The summed E-state index contributed by atoms with van der Waals surface area (Å²) in [6.07, 6.45) is 55.7. The predicted molar refractivity (Wildman–Crippen MR) is 254 cm³/mol. The summed E-state index contributed by atoms with van der Waals surface area (Å²) < 4.78 is 26.9. The van der Waals surface area contributed by atoms with E-state index in [1.807, 2.05) is 0 Å². The van der Waals surface area contributed by atoms with Crippen LogP contribution in [0.1, 0.15) is 168 Å². The lowest BCUT2D eigenvalue weighted by atomic mass is 10.1. The van der Waals surface area contributed by atoms with Gasteiger partial charge in [-0.05, 0) is 89.9 Å². The number of rotatable bonds is 42. The van der Waals surface area contributed by atoms with Gasteiger partial charge in [-0.25, -0.2) is 9.36 Å². The van der Waals surface area contributed by atoms with Crippen LogP contribution in [0.5, 0.6) is 0 Å². The zero-order valence-electron chi connectivity index (χ0n) is 38.1. The molecule has 1 amide bonds. The molecule has 11 nitrogen and oxygen atoms in total. The highest BCUT2D eigenvalue weighted by Crippen LogP contribution is 2.43. The highest BCUT2D eigenvalue weighted by molar-refractivity contribution is 7.47. The lowest BCUT2D eigenvalue weighted by molar-refractivity contribution is -0.147. The number of nitrogens with one attached hydrogen (secondary N) is 1. The summed E-state index contributed by atoms with van der Waals surface area (Å²) in [7, 11) is -4.77. The summed E-state index contributed by atoms with van der Waals surface area (Å²) in [6.45, 7) is 2.33. The van der Waals surface area contributed by atoms with Crippen LogP contribution in [0.25, 0.3) is 0 Å². The largest absolute Gasteiger partial charge is 0.480 e. The van der Waals surface area contributed by atoms with Gasteiger partial charge in [0.25, 0.3) is 0 Å². The second-order valence-electron chi connectivity index (χ2n) is 15.2. The number of esters is 1. The van der Waals surface area contributed by atoms with Gasteiger partial charge in [0.05, 0.1) is 13.2 Å². The number of aliphatic carboxylic acids is 1. The molecule has 0 aliphatic rings. The fourth-order valence-electron chi connectivity index (χ4n) is 5.83. The Labute approximate surface area is 374 Å². The summed E-state index contributed by atoms with van der Waals surface area (Å²) in [5.74, 6) is -2.42. The number of aliphatic hydroxyl groups excluding tert-OH is 1. The lowest BCUT2D eigenvalue weighted by Gasteiger charge is -2.18. The molecule has 0 aliphatic heterocycles. The average molecular weight is 888 g/mol. The van der Waals surface area contributed by atoms with E-state index < -0.39 is 57.6 Å². The molecule has 4 N–H and O–H groups in total. The smallest absolute Gasteiger partial charge is 0.472 e. The average Bonchev–Trinajstić information content (AvgIpc) is 3.25. The van der Waals surface area contributed by atoms with Crippen LogP contribution in [-0.2, 0) is 32.7 Å². The first kappa shape index (κ1) is 58.4. The van der Waals surface area contributed by atoms with Gasteiger partial charge in [-0.2, -0.15) is 0 Å². The molecule has 352 valence electrons. The van der Waals surface area contributed by atoms with Crippen molar-refractivity contribution >= 4 is 25.7 Å². The van der Waals surface area contributed by atoms with Crippen molar-refractivity contribution in [2.75, 3.05) is 19.8 Å². The molecule has 0 aliphatic carbocycles. The number of amides is 1. The van der Waals surface area contributed by atoms with E-state index in [-0.39, 0.29) is 12.8 Å². The standard InChI is InChI=1S/C50H82NO10P/c1-3-5-7-9-11-13-15-17-19-20-21-22-23-24-25-26-28-29-31-33-35-37-39-41-48(53)51-47(50(55)56)45-61-62(57,58)60-44-46(52)43-59-49(54)42-40-38-36-34-32-30-27-18-16-14-12-10-8-6-4-2/h5-8,11-14,17-19,21-22,24-25,27,46-47,52H,3-4,9-10,15-16,20,23,26,28-45H2,1-2H3,(H,51,53)(H,55,56)(H,57,58)/b7-5-,8-6-,13-11-,14-12-,19-17-,22-21-,25-24-,27-18-. The summed E-state index contributed by atoms with van der Waals surface area (Å²) >= 11 is 0. The second-order valence-corrected chi connectivity index (χ2v) is 16.6. The van der Waals surface area contributed by atoms with Gasteiger partial charge >= 0.3 is 19.8 Å². The van der Waals surface area contributed by atoms with Crippen LogP contribution in [0.3, 0.4) is 0 Å². The Kier molecular flexibility index (Phi) is 41.5. The molecule has 12 heteroatoms. The quantitative estimate of drug-likeness (QED) is 0.0200. The first-order valence-corrected chi connectivity index (χ1v) is 24.8. The molecule has 62 heavy (non-hydrogen) atoms. The Balaban J connectivity index is 3.94. The van der Waals surface area contributed by atoms with Crippen LogP contribution in [0.2, 0.25) is 0 Å². The maximum atomic E-state index is 12.4. The third-order valence-electron chi connectivity index (χ3n) is 9.37. The molecule has 3 atom stereocenters. The fourth-order valence-corrected chi connectivity index (χ4v) is 6.60. The van der Waals surface area contributed by atoms with E-state index >= 15 is 0 Å². The third kappa shape index (κ3) is 43.1. The molecule has 0 saturated carbocycles. The van der Waals surface area contributed by atoms with Gasteiger partial charge in [0.1, 0.15) is 12.7 Å². The normalized spacial score (nSPS) is 14.5. The van der Waals surface area contributed by atoms with Gasteiger partial charge in [-0.3, -0.25) is 18.6 Å². The molecule has 0 spiro atoms. The van der Waals surface area contributed by atoms with Crippen LogP contribution >= 0.6 is 7.82 Å². The molecule has 0 aromatic rings. The number of carbonyl (C=O) groups excluding carboxylic acids is 2. The molecule has 0 aromatic heterocycles. The van der Waals surface area contributed by atoms with E-state index in [4.69, 9.17) is 13.8 Å². The minimum atomic E-state index is -4.77. The number of hydrogen-bond donors (Lipinski definition) is 4. The van der Waals surface area contributed by atoms with Crippen LogP contribution in [0.4, 0.5) is 0 Å². The monoisotopic (exact) mass is 888 g/mol. The van der Waals surface area contributed by atoms with E-state index in [1.165, 1.54) is 0 Å². The van der Waals surface area contributed by atoms with Crippen molar-refractivity contribution in [3.8, 4) is 0 Å². The van der Waals surface area contributed by atoms with Crippen molar-refractivity contribution in [1.29, 1.82) is 0 Å². The fraction of sp³-hybridized carbons (Fsp3) is 0.620. The number of carbonyl (C=O) groups is 3. The zero-order valence-corrected chi connectivity index (χ0v) is 39.0. The molecular formula is C50H82NO10P. The van der Waals surface area contributed by atoms with Gasteiger partial charge < -0.3 is 25.2 Å². The zero-order chi connectivity index (χ0) is 45.6. The summed E-state index contributed by atoms with van der Waals surface area (Å²) in [5.41, 5.74) is 0. The predicted octanol–water partition coefficient (Wildman–Crippen LogP) is 12.4. The van der Waals surface area contributed by atoms with E-state index in [1.54, 1.807) is 0 Å². The minimum absolute atomic E-state index is 0.125. The van der Waals surface area contributed by atoms with Crippen LogP contribution in [-0.4, -0.2) is 64.9 Å². The van der Waals surface area contributed by atoms with Crippen molar-refractivity contribution in [2.45, 2.75) is 180 Å². The summed E-state index contributed by atoms with van der Waals surface area (Å²) in [5, 5.41) is 21.9. The van der Waals surface area contributed by atoms with Crippen molar-refractivity contribution in [1.82, 2.24) is 5.32 Å². The SMILES string of the molecule is CC/C=C\C/C=C\C/C=C\C/C=C\C/C=C\CCCCCCCCCC(=O)NC(COP(=O)(O)OCC(O)COC(=O)CCCCCCC/C=C\C/C=C\C/C=C\CC)C(=O)O. The number of phosphoric acid groups is 1. The first-order chi connectivity index (χ1) is 30.1. The third-order valence-corrected chi connectivity index (χ3v) is 10.3. The molecule has 3 unspecified atom stereocenters. The van der Waals surface area contributed by atoms with E-state index in [0.29, 0.717) is 12.8 Å². The Hall–Kier alpha value is -3.60. The second kappa shape index (κ2) is 44.0. The Morgan fingerprint density at radius 3 is 1.32 bits per heavy atom. The number of hydrogen-bond acceptors (Lipinski definition) is 8. The molecule has 0 bridgehead atoms. The van der Waals surface area contributed by atoms with E-state index in [2.05, 4.69) is 116 Å². The molecule has 0 heterocycles. The number of phosphoric ester groups is 1. The van der Waals surface area contributed by atoms with Crippen LogP contribution < -0.4 is 5.32 Å². The van der Waals surface area contributed by atoms with Gasteiger partial charge in [-0.15, -0.1) is 0 Å². The summed E-state index contributed by atoms with van der Waals surface area (Å²) in [4.78, 5) is 46.0. The molecule has 0 fully saturated rings. The first-order valence-electron chi connectivity index (χ1n) is 23.3. The number of aliphatic hydroxyl groups is 1. The molecule has 0 saturated heterocycles. The van der Waals surface area contributed by atoms with Crippen molar-refractivity contribution in [2.24, 2.45) is 0 Å². The topological polar surface area (TPSA) is 169 Å². The molecule has 0 aromatic carbocycles. The van der Waals surface area contributed by atoms with Crippen molar-refractivity contribution in [3.63, 3.8) is 0 Å². The van der Waals surface area contributed by atoms with Gasteiger partial charge in [-0.1, -0.05) is 162 Å². The van der Waals surface area contributed by atoms with Crippen LogP contribution in [0, 0.1) is 0 Å². The van der Waals surface area contributed by atoms with Crippen molar-refractivity contribution < 1.29 is 47.8 Å². The Morgan fingerprint density at radius 2 is 0.887 bits per heavy atom. The highest BCUT2D eigenvalue weighted by Gasteiger charge is 2.28. The number of ether oxygens (including phenoxy) is 1. The number of allylic oxidation sites excluding steroid dienone is 16. The lowest BCUT2D eigenvalue weighted by Crippen LogP contribution is -2.43. The highest BCUT2D eigenvalue weighted by atomic mass is 31.2. The maximum Gasteiger partial charge on any atom is 0.472 e. The Bertz CT molecular complexity index is 1410. The maximum absolute atomic E-state index is 12.4. The van der Waals surface area contributed by atoms with E-state index in [0.717, 1.165) is 128 Å². The van der Waals surface area contributed by atoms with Gasteiger partial charge in [0.2, 0.25) is 5.91 Å². The number of unbranched alkanes of at least 4 members (excludes halogenated alkanes) is 12. The number of carboxylic acid groups (broad SMARTS) is 1. The van der Waals surface area contributed by atoms with Crippen molar-refractivity contribution in [3.05, 3.63) is 97.2 Å². The van der Waals surface area contributed by atoms with Gasteiger partial charge in [0, 0.05) is 12.8 Å². The van der Waals surface area contributed by atoms with Gasteiger partial charge in [0.15, 0.2) is 6.04 Å². The molecule has 0 rings (SSSR count). The molecular weight excluding hydrogens is 806 g/mol. The Morgan fingerprint density at radius 1 is 0.516 bits per heavy atom. The number of carboxylic acids is 1. The minimum Gasteiger partial charge on any atom is -0.480 e. The molecule has 0 radical (unpaired) electrons. The van der Waals surface area contributed by atoms with Crippen LogP contribution in [0.15, 0.2) is 97.2 Å².